The molecule has 0 fully saturated rings. The normalized spacial score (nSPS) is 11.8. The molecule has 1 heterocycles. The van der Waals surface area contributed by atoms with E-state index >= 15 is 0 Å². The highest BCUT2D eigenvalue weighted by Crippen LogP contribution is 2.12. The molecule has 2 rings (SSSR count). The Balaban J connectivity index is 2.11. The zero-order chi connectivity index (χ0) is 14.5. The summed E-state index contributed by atoms with van der Waals surface area (Å²) in [4.78, 5) is 16.3. The van der Waals surface area contributed by atoms with E-state index in [0.29, 0.717) is 12.4 Å². The lowest BCUT2D eigenvalue weighted by Gasteiger charge is -2.15. The Morgan fingerprint density at radius 2 is 2.15 bits per heavy atom. The fraction of sp³-hybridized carbons (Fsp3) is 0.231. The van der Waals surface area contributed by atoms with Crippen molar-refractivity contribution in [1.29, 1.82) is 0 Å². The standard InChI is InChI=1S/C13H15N5OS/c1-18-13(15-8-16-18)17-12(19)10(11(14)20)7-9-5-3-2-4-6-9/h2-6,8,10H,7H2,1H3,(H2,14,20)(H,15,16,17,19). The van der Waals surface area contributed by atoms with E-state index in [1.807, 2.05) is 30.3 Å². The largest absolute Gasteiger partial charge is 0.393 e. The van der Waals surface area contributed by atoms with Crippen molar-refractivity contribution in [2.24, 2.45) is 18.7 Å². The second-order valence-corrected chi connectivity index (χ2v) is 4.81. The number of anilines is 1. The van der Waals surface area contributed by atoms with E-state index in [0.717, 1.165) is 5.56 Å². The molecule has 0 saturated heterocycles. The van der Waals surface area contributed by atoms with Gasteiger partial charge in [0.15, 0.2) is 0 Å². The van der Waals surface area contributed by atoms with Crippen LogP contribution in [0.2, 0.25) is 0 Å². The average molecular weight is 289 g/mol. The molecule has 0 aliphatic rings. The molecule has 104 valence electrons. The quantitative estimate of drug-likeness (QED) is 0.799. The van der Waals surface area contributed by atoms with Crippen LogP contribution in [0, 0.1) is 5.92 Å². The number of rotatable bonds is 5. The molecule has 2 aromatic rings. The predicted molar refractivity (Wildman–Crippen MR) is 80.1 cm³/mol. The molecule has 1 aromatic heterocycles. The second-order valence-electron chi connectivity index (χ2n) is 4.34. The number of hydrogen-bond acceptors (Lipinski definition) is 4. The monoisotopic (exact) mass is 289 g/mol. The summed E-state index contributed by atoms with van der Waals surface area (Å²) in [5, 5.41) is 6.56. The third kappa shape index (κ3) is 3.39. The van der Waals surface area contributed by atoms with E-state index in [1.165, 1.54) is 11.0 Å². The summed E-state index contributed by atoms with van der Waals surface area (Å²) in [5.41, 5.74) is 6.68. The Labute approximate surface area is 122 Å². The van der Waals surface area contributed by atoms with Crippen molar-refractivity contribution in [2.45, 2.75) is 6.42 Å². The van der Waals surface area contributed by atoms with Gasteiger partial charge >= 0.3 is 0 Å². The minimum Gasteiger partial charge on any atom is -0.393 e. The van der Waals surface area contributed by atoms with Gasteiger partial charge in [-0.05, 0) is 12.0 Å². The number of amides is 1. The predicted octanol–water partition coefficient (Wildman–Crippen LogP) is 0.899. The van der Waals surface area contributed by atoms with Crippen LogP contribution in [0.5, 0.6) is 0 Å². The van der Waals surface area contributed by atoms with Crippen molar-refractivity contribution in [2.75, 3.05) is 5.32 Å². The number of benzene rings is 1. The number of nitrogens with two attached hydrogens (primary N) is 1. The van der Waals surface area contributed by atoms with Gasteiger partial charge in [-0.2, -0.15) is 10.1 Å². The van der Waals surface area contributed by atoms with Crippen LogP contribution < -0.4 is 11.1 Å². The third-order valence-electron chi connectivity index (χ3n) is 2.89. The summed E-state index contributed by atoms with van der Waals surface area (Å²) in [6.45, 7) is 0. The summed E-state index contributed by atoms with van der Waals surface area (Å²) in [5.74, 6) is -0.495. The van der Waals surface area contributed by atoms with E-state index in [4.69, 9.17) is 18.0 Å². The van der Waals surface area contributed by atoms with Gasteiger partial charge in [0, 0.05) is 7.05 Å². The molecule has 1 aromatic carbocycles. The first-order valence-electron chi connectivity index (χ1n) is 6.06. The van der Waals surface area contributed by atoms with E-state index in [2.05, 4.69) is 15.4 Å². The van der Waals surface area contributed by atoms with Crippen LogP contribution in [0.15, 0.2) is 36.7 Å². The lowest BCUT2D eigenvalue weighted by atomic mass is 9.98. The zero-order valence-corrected chi connectivity index (χ0v) is 11.8. The number of thiocarbonyl (C=S) groups is 1. The number of nitrogens with one attached hydrogen (secondary N) is 1. The van der Waals surface area contributed by atoms with Crippen molar-refractivity contribution in [3.05, 3.63) is 42.2 Å². The van der Waals surface area contributed by atoms with Gasteiger partial charge in [-0.3, -0.25) is 10.1 Å². The van der Waals surface area contributed by atoms with Crippen molar-refractivity contribution in [3.63, 3.8) is 0 Å². The van der Waals surface area contributed by atoms with Crippen molar-refractivity contribution >= 4 is 29.1 Å². The van der Waals surface area contributed by atoms with Gasteiger partial charge in [-0.1, -0.05) is 42.5 Å². The third-order valence-corrected chi connectivity index (χ3v) is 3.17. The maximum absolute atomic E-state index is 12.2. The van der Waals surface area contributed by atoms with Gasteiger partial charge in [0.1, 0.15) is 6.33 Å². The Morgan fingerprint density at radius 3 is 2.70 bits per heavy atom. The number of carbonyl (C=O) groups is 1. The number of aromatic nitrogens is 3. The van der Waals surface area contributed by atoms with Gasteiger partial charge in [-0.25, -0.2) is 4.68 Å². The molecule has 7 heteroatoms. The fourth-order valence-electron chi connectivity index (χ4n) is 1.78. The number of aryl methyl sites for hydroxylation is 1. The van der Waals surface area contributed by atoms with Gasteiger partial charge < -0.3 is 5.73 Å². The van der Waals surface area contributed by atoms with E-state index in [1.54, 1.807) is 7.05 Å². The van der Waals surface area contributed by atoms with E-state index in [9.17, 15) is 4.79 Å². The Morgan fingerprint density at radius 1 is 1.45 bits per heavy atom. The molecule has 20 heavy (non-hydrogen) atoms. The molecule has 3 N–H and O–H groups in total. The van der Waals surface area contributed by atoms with Gasteiger partial charge in [0.05, 0.1) is 10.9 Å². The van der Waals surface area contributed by atoms with Crippen molar-refractivity contribution < 1.29 is 4.79 Å². The van der Waals surface area contributed by atoms with E-state index < -0.39 is 5.92 Å². The smallest absolute Gasteiger partial charge is 0.236 e. The Kier molecular flexibility index (Phi) is 4.41. The molecular formula is C13H15N5OS. The first-order valence-corrected chi connectivity index (χ1v) is 6.47. The lowest BCUT2D eigenvalue weighted by Crippen LogP contribution is -2.35. The molecule has 0 aliphatic heterocycles. The van der Waals surface area contributed by atoms with Crippen LogP contribution in [-0.2, 0) is 18.3 Å². The summed E-state index contributed by atoms with van der Waals surface area (Å²) >= 11 is 4.99. The van der Waals surface area contributed by atoms with Gasteiger partial charge in [0.2, 0.25) is 11.9 Å². The first-order chi connectivity index (χ1) is 9.58. The molecule has 0 saturated carbocycles. The van der Waals surface area contributed by atoms with Gasteiger partial charge in [0.25, 0.3) is 0 Å². The SMILES string of the molecule is Cn1ncnc1NC(=O)C(Cc1ccccc1)C(N)=S. The van der Waals surface area contributed by atoms with Crippen molar-refractivity contribution in [1.82, 2.24) is 14.8 Å². The molecule has 1 unspecified atom stereocenters. The average Bonchev–Trinajstić information content (AvgIpc) is 2.82. The van der Waals surface area contributed by atoms with Crippen LogP contribution in [0.3, 0.4) is 0 Å². The van der Waals surface area contributed by atoms with Crippen LogP contribution in [0.1, 0.15) is 5.56 Å². The molecule has 0 aliphatic carbocycles. The highest BCUT2D eigenvalue weighted by molar-refractivity contribution is 7.80. The second kappa shape index (κ2) is 6.25. The number of carbonyl (C=O) groups excluding carboxylic acids is 1. The van der Waals surface area contributed by atoms with E-state index in [-0.39, 0.29) is 10.9 Å². The molecular weight excluding hydrogens is 274 g/mol. The van der Waals surface area contributed by atoms with Crippen molar-refractivity contribution in [3.8, 4) is 0 Å². The topological polar surface area (TPSA) is 85.8 Å². The summed E-state index contributed by atoms with van der Waals surface area (Å²) in [7, 11) is 1.69. The summed E-state index contributed by atoms with van der Waals surface area (Å²) in [6, 6.07) is 9.60. The van der Waals surface area contributed by atoms with Crippen LogP contribution in [0.4, 0.5) is 5.95 Å². The lowest BCUT2D eigenvalue weighted by molar-refractivity contribution is -0.118. The minimum atomic E-state index is -0.580. The molecule has 1 amide bonds. The summed E-state index contributed by atoms with van der Waals surface area (Å²) in [6.07, 6.45) is 1.82. The Bertz CT molecular complexity index is 610. The zero-order valence-electron chi connectivity index (χ0n) is 11.0. The summed E-state index contributed by atoms with van der Waals surface area (Å²) < 4.78 is 1.47. The fourth-order valence-corrected chi connectivity index (χ4v) is 1.97. The minimum absolute atomic E-state index is 0.161. The molecule has 0 radical (unpaired) electrons. The highest BCUT2D eigenvalue weighted by atomic mass is 32.1. The molecule has 0 spiro atoms. The maximum Gasteiger partial charge on any atom is 0.236 e. The maximum atomic E-state index is 12.2. The highest BCUT2D eigenvalue weighted by Gasteiger charge is 2.23. The Hall–Kier alpha value is -2.28. The number of nitrogens with zero attached hydrogens (tertiary/aromatic N) is 3. The molecule has 0 bridgehead atoms. The van der Waals surface area contributed by atoms with Crippen LogP contribution >= 0.6 is 12.2 Å². The molecule has 6 nitrogen and oxygen atoms in total. The number of hydrogen-bond donors (Lipinski definition) is 2. The van der Waals surface area contributed by atoms with Crippen LogP contribution in [0.25, 0.3) is 0 Å². The van der Waals surface area contributed by atoms with Gasteiger partial charge in [-0.15, -0.1) is 0 Å². The molecule has 1 atom stereocenters. The van der Waals surface area contributed by atoms with Crippen LogP contribution in [-0.4, -0.2) is 25.7 Å². The first kappa shape index (κ1) is 14.1.